The quantitative estimate of drug-likeness (QED) is 0.697. The van der Waals surface area contributed by atoms with Gasteiger partial charge in [0, 0.05) is 11.8 Å². The van der Waals surface area contributed by atoms with Gasteiger partial charge in [-0.15, -0.1) is 0 Å². The average molecular weight is 254 g/mol. The summed E-state index contributed by atoms with van der Waals surface area (Å²) in [6.07, 6.45) is 4.04. The molecule has 2 aliphatic carbocycles. The first-order chi connectivity index (χ1) is 8.15. The van der Waals surface area contributed by atoms with Crippen LogP contribution in [0.3, 0.4) is 0 Å². The summed E-state index contributed by atoms with van der Waals surface area (Å²) in [6.45, 7) is 8.53. The molecule has 0 amide bonds. The number of ether oxygens (including phenoxy) is 1. The molecule has 0 aromatic heterocycles. The lowest BCUT2D eigenvalue weighted by atomic mass is 9.45. The zero-order chi connectivity index (χ0) is 13.4. The van der Waals surface area contributed by atoms with Crippen molar-refractivity contribution in [1.82, 2.24) is 0 Å². The molecule has 3 heteroatoms. The lowest BCUT2D eigenvalue weighted by Crippen LogP contribution is -2.80. The molecule has 3 nitrogen and oxygen atoms in total. The second-order valence-corrected chi connectivity index (χ2v) is 7.90. The zero-order valence-electron chi connectivity index (χ0n) is 12.0. The molecule has 0 unspecified atom stereocenters. The maximum atomic E-state index is 10.7. The van der Waals surface area contributed by atoms with E-state index in [-0.39, 0.29) is 16.9 Å². The topological polar surface area (TPSA) is 49.7 Å². The molecule has 2 N–H and O–H groups in total. The van der Waals surface area contributed by atoms with Crippen LogP contribution in [0.25, 0.3) is 0 Å². The predicted molar refractivity (Wildman–Crippen MR) is 69.2 cm³/mol. The van der Waals surface area contributed by atoms with Gasteiger partial charge < -0.3 is 14.9 Å². The van der Waals surface area contributed by atoms with Crippen LogP contribution >= 0.6 is 0 Å². The van der Waals surface area contributed by atoms with Crippen LogP contribution in [0.1, 0.15) is 59.8 Å². The molecule has 18 heavy (non-hydrogen) atoms. The molecule has 4 rings (SSSR count). The van der Waals surface area contributed by atoms with Gasteiger partial charge in [0.25, 0.3) is 0 Å². The fourth-order valence-corrected chi connectivity index (χ4v) is 5.11. The van der Waals surface area contributed by atoms with Gasteiger partial charge in [-0.3, -0.25) is 0 Å². The van der Waals surface area contributed by atoms with Crippen molar-refractivity contribution in [2.24, 2.45) is 10.8 Å². The van der Waals surface area contributed by atoms with E-state index >= 15 is 0 Å². The lowest BCUT2D eigenvalue weighted by Gasteiger charge is -2.73. The second kappa shape index (κ2) is 3.31. The van der Waals surface area contributed by atoms with E-state index in [2.05, 4.69) is 20.8 Å². The molecule has 2 saturated heterocycles. The summed E-state index contributed by atoms with van der Waals surface area (Å²) in [5.74, 6) is 0. The first kappa shape index (κ1) is 12.9. The second-order valence-electron chi connectivity index (χ2n) is 7.90. The van der Waals surface area contributed by atoms with Crippen molar-refractivity contribution in [3.05, 3.63) is 0 Å². The molecular formula is C15H26O3. The van der Waals surface area contributed by atoms with Gasteiger partial charge >= 0.3 is 0 Å². The minimum absolute atomic E-state index is 0.0175. The summed E-state index contributed by atoms with van der Waals surface area (Å²) >= 11 is 0. The van der Waals surface area contributed by atoms with Crippen LogP contribution in [0.4, 0.5) is 0 Å². The number of hydrogen-bond donors (Lipinski definition) is 2. The Morgan fingerprint density at radius 1 is 1.06 bits per heavy atom. The smallest absolute Gasteiger partial charge is 0.107 e. The van der Waals surface area contributed by atoms with Gasteiger partial charge in [-0.25, -0.2) is 0 Å². The fourth-order valence-electron chi connectivity index (χ4n) is 5.11. The molecule has 104 valence electrons. The monoisotopic (exact) mass is 254 g/mol. The van der Waals surface area contributed by atoms with Crippen LogP contribution in [0.2, 0.25) is 0 Å². The Balaban J connectivity index is 2.07. The standard InChI is InChI=1S/C15H26O3/c1-12(2)6-5-11-14(4)8-7-13(3,17)9-10(16)15(12,14)18-11/h10-11,16-17H,5-9H2,1-4H3/t10-,11+,13+,14+,15-/m1/s1. The molecule has 1 spiro atoms. The van der Waals surface area contributed by atoms with E-state index in [4.69, 9.17) is 4.74 Å². The number of fused-ring (bicyclic) bond motifs is 2. The highest BCUT2D eigenvalue weighted by Gasteiger charge is 2.76. The van der Waals surface area contributed by atoms with E-state index in [0.717, 1.165) is 25.7 Å². The normalized spacial score (nSPS) is 58.3. The highest BCUT2D eigenvalue weighted by atomic mass is 16.6. The molecule has 2 aliphatic heterocycles. The van der Waals surface area contributed by atoms with Gasteiger partial charge in [-0.05, 0) is 38.0 Å². The number of hydrogen-bond acceptors (Lipinski definition) is 3. The largest absolute Gasteiger partial charge is 0.390 e. The number of rotatable bonds is 0. The zero-order valence-corrected chi connectivity index (χ0v) is 12.0. The highest BCUT2D eigenvalue weighted by Crippen LogP contribution is 2.70. The third kappa shape index (κ3) is 1.26. The van der Waals surface area contributed by atoms with E-state index in [9.17, 15) is 10.2 Å². The van der Waals surface area contributed by atoms with Crippen molar-refractivity contribution in [2.75, 3.05) is 0 Å². The summed E-state index contributed by atoms with van der Waals surface area (Å²) in [7, 11) is 0. The van der Waals surface area contributed by atoms with Crippen molar-refractivity contribution in [1.29, 1.82) is 0 Å². The maximum absolute atomic E-state index is 10.7. The van der Waals surface area contributed by atoms with Crippen LogP contribution < -0.4 is 0 Å². The number of aliphatic hydroxyl groups is 2. The van der Waals surface area contributed by atoms with E-state index in [0.29, 0.717) is 6.42 Å². The van der Waals surface area contributed by atoms with Crippen molar-refractivity contribution in [2.45, 2.75) is 83.2 Å². The molecule has 4 fully saturated rings. The summed E-state index contributed by atoms with van der Waals surface area (Å²) in [5, 5.41) is 21.1. The summed E-state index contributed by atoms with van der Waals surface area (Å²) in [6, 6.07) is 0. The molecule has 2 bridgehead atoms. The Morgan fingerprint density at radius 3 is 2.33 bits per heavy atom. The molecular weight excluding hydrogens is 228 g/mol. The molecule has 0 aromatic carbocycles. The Kier molecular flexibility index (Phi) is 2.37. The van der Waals surface area contributed by atoms with Crippen LogP contribution in [0.15, 0.2) is 0 Å². The molecule has 4 aliphatic rings. The van der Waals surface area contributed by atoms with E-state index in [1.54, 1.807) is 0 Å². The Hall–Kier alpha value is -0.120. The maximum Gasteiger partial charge on any atom is 0.107 e. The Labute approximate surface area is 110 Å². The van der Waals surface area contributed by atoms with Gasteiger partial charge in [0.05, 0.1) is 17.8 Å². The van der Waals surface area contributed by atoms with Crippen LogP contribution in [0, 0.1) is 10.8 Å². The summed E-state index contributed by atoms with van der Waals surface area (Å²) < 4.78 is 6.21. The summed E-state index contributed by atoms with van der Waals surface area (Å²) in [4.78, 5) is 0. The third-order valence-corrected chi connectivity index (χ3v) is 6.21. The minimum Gasteiger partial charge on any atom is -0.390 e. The van der Waals surface area contributed by atoms with Crippen LogP contribution in [-0.4, -0.2) is 33.6 Å². The van der Waals surface area contributed by atoms with Crippen LogP contribution in [0.5, 0.6) is 0 Å². The van der Waals surface area contributed by atoms with Gasteiger partial charge in [0.1, 0.15) is 5.60 Å². The average Bonchev–Trinajstić information content (AvgIpc) is 2.27. The minimum atomic E-state index is -0.763. The first-order valence-corrected chi connectivity index (χ1v) is 7.23. The predicted octanol–water partition coefficient (Wildman–Crippen LogP) is 2.25. The molecule has 2 saturated carbocycles. The molecule has 0 aromatic rings. The molecule has 0 radical (unpaired) electrons. The van der Waals surface area contributed by atoms with E-state index in [1.807, 2.05) is 6.92 Å². The van der Waals surface area contributed by atoms with Crippen LogP contribution in [-0.2, 0) is 4.74 Å². The Bertz CT molecular complexity index is 376. The lowest BCUT2D eigenvalue weighted by molar-refractivity contribution is -0.409. The number of aliphatic hydroxyl groups excluding tert-OH is 1. The fraction of sp³-hybridized carbons (Fsp3) is 1.00. The molecule has 5 atom stereocenters. The van der Waals surface area contributed by atoms with Crippen molar-refractivity contribution in [3.8, 4) is 0 Å². The first-order valence-electron chi connectivity index (χ1n) is 7.23. The highest BCUT2D eigenvalue weighted by molar-refractivity contribution is 5.24. The van der Waals surface area contributed by atoms with Crippen molar-refractivity contribution in [3.63, 3.8) is 0 Å². The summed E-state index contributed by atoms with van der Waals surface area (Å²) in [5.41, 5.74) is -1.21. The van der Waals surface area contributed by atoms with E-state index < -0.39 is 17.3 Å². The van der Waals surface area contributed by atoms with E-state index in [1.165, 1.54) is 0 Å². The third-order valence-electron chi connectivity index (χ3n) is 6.21. The molecule has 2 heterocycles. The van der Waals surface area contributed by atoms with Gasteiger partial charge in [-0.1, -0.05) is 20.8 Å². The van der Waals surface area contributed by atoms with Crippen molar-refractivity contribution >= 4 is 0 Å². The van der Waals surface area contributed by atoms with Gasteiger partial charge in [0.15, 0.2) is 0 Å². The SMILES string of the molecule is CC1(C)CC[C@@H]2O[C@]13[C@H](O)C[C@@](C)(O)CC[C@@]23C. The van der Waals surface area contributed by atoms with Gasteiger partial charge in [-0.2, -0.15) is 0 Å². The Morgan fingerprint density at radius 2 is 1.72 bits per heavy atom. The van der Waals surface area contributed by atoms with Crippen molar-refractivity contribution < 1.29 is 14.9 Å². The van der Waals surface area contributed by atoms with Gasteiger partial charge in [0.2, 0.25) is 0 Å².